The maximum atomic E-state index is 11.2. The molecule has 8 heteroatoms. The van der Waals surface area contributed by atoms with Crippen molar-refractivity contribution in [3.63, 3.8) is 0 Å². The number of aryl methyl sites for hydroxylation is 1. The number of benzene rings is 1. The molecule has 0 radical (unpaired) electrons. The summed E-state index contributed by atoms with van der Waals surface area (Å²) < 4.78 is 53.8. The van der Waals surface area contributed by atoms with E-state index in [1.807, 2.05) is 31.2 Å². The predicted molar refractivity (Wildman–Crippen MR) is 84.7 cm³/mol. The first-order valence-electron chi connectivity index (χ1n) is 6.82. The first kappa shape index (κ1) is 19.1. The van der Waals surface area contributed by atoms with E-state index in [2.05, 4.69) is 0 Å². The molecule has 0 saturated carbocycles. The SMILES string of the molecule is Cc1cccc(C(CCCOS(C)(=O)=O)COS(C)(=O)=O)c1. The molecule has 0 amide bonds. The Kier molecular flexibility index (Phi) is 6.98. The van der Waals surface area contributed by atoms with Crippen LogP contribution in [0, 0.1) is 6.92 Å². The number of rotatable bonds is 9. The Bertz CT molecular complexity index is 679. The molecule has 0 aliphatic heterocycles. The third kappa shape index (κ3) is 8.47. The van der Waals surface area contributed by atoms with Gasteiger partial charge in [0.1, 0.15) is 0 Å². The van der Waals surface area contributed by atoms with Gasteiger partial charge in [0.25, 0.3) is 20.2 Å². The maximum absolute atomic E-state index is 11.2. The van der Waals surface area contributed by atoms with Crippen LogP contribution in [-0.4, -0.2) is 42.6 Å². The van der Waals surface area contributed by atoms with Gasteiger partial charge in [0, 0.05) is 5.92 Å². The summed E-state index contributed by atoms with van der Waals surface area (Å²) in [5.74, 6) is -0.141. The molecule has 22 heavy (non-hydrogen) atoms. The van der Waals surface area contributed by atoms with Crippen LogP contribution in [0.2, 0.25) is 0 Å². The van der Waals surface area contributed by atoms with Gasteiger partial charge in [-0.05, 0) is 25.3 Å². The molecular formula is C14H22O6S2. The molecule has 126 valence electrons. The van der Waals surface area contributed by atoms with Gasteiger partial charge in [-0.15, -0.1) is 0 Å². The van der Waals surface area contributed by atoms with Gasteiger partial charge in [-0.25, -0.2) is 0 Å². The van der Waals surface area contributed by atoms with Crippen molar-refractivity contribution < 1.29 is 25.2 Å². The highest BCUT2D eigenvalue weighted by molar-refractivity contribution is 7.86. The Labute approximate surface area is 132 Å². The standard InChI is InChI=1S/C14H22O6S2/c1-12-6-4-7-13(10-12)14(11-20-22(3,17)18)8-5-9-19-21(2,15)16/h4,6-7,10,14H,5,8-9,11H2,1-3H3. The van der Waals surface area contributed by atoms with Crippen LogP contribution < -0.4 is 0 Å². The normalized spacial score (nSPS) is 14.0. The molecule has 0 aliphatic rings. The molecule has 0 aliphatic carbocycles. The largest absolute Gasteiger partial charge is 0.270 e. The van der Waals surface area contributed by atoms with Crippen LogP contribution >= 0.6 is 0 Å². The van der Waals surface area contributed by atoms with E-state index in [-0.39, 0.29) is 19.1 Å². The predicted octanol–water partition coefficient (Wildman–Crippen LogP) is 1.81. The van der Waals surface area contributed by atoms with E-state index in [1.165, 1.54) is 0 Å². The van der Waals surface area contributed by atoms with Crippen molar-refractivity contribution in [3.8, 4) is 0 Å². The van der Waals surface area contributed by atoms with Crippen molar-refractivity contribution >= 4 is 20.2 Å². The first-order valence-corrected chi connectivity index (χ1v) is 10.5. The molecule has 0 N–H and O–H groups in total. The fraction of sp³-hybridized carbons (Fsp3) is 0.571. The minimum absolute atomic E-state index is 0.0289. The summed E-state index contributed by atoms with van der Waals surface area (Å²) in [6.45, 7) is 2.05. The van der Waals surface area contributed by atoms with Gasteiger partial charge >= 0.3 is 0 Å². The van der Waals surface area contributed by atoms with E-state index in [1.54, 1.807) is 0 Å². The van der Waals surface area contributed by atoms with Gasteiger partial charge in [0.15, 0.2) is 0 Å². The minimum atomic E-state index is -3.52. The Morgan fingerprint density at radius 3 is 2.23 bits per heavy atom. The zero-order valence-electron chi connectivity index (χ0n) is 13.0. The Morgan fingerprint density at radius 2 is 1.68 bits per heavy atom. The van der Waals surface area contributed by atoms with Crippen LogP contribution in [0.15, 0.2) is 24.3 Å². The summed E-state index contributed by atoms with van der Waals surface area (Å²) in [7, 11) is -6.97. The van der Waals surface area contributed by atoms with Crippen LogP contribution in [0.5, 0.6) is 0 Å². The molecule has 6 nitrogen and oxygen atoms in total. The third-order valence-corrected chi connectivity index (χ3v) is 4.15. The average Bonchev–Trinajstić information content (AvgIpc) is 2.35. The van der Waals surface area contributed by atoms with Crippen LogP contribution in [0.1, 0.15) is 29.9 Å². The molecule has 0 fully saturated rings. The third-order valence-electron chi connectivity index (χ3n) is 2.99. The van der Waals surface area contributed by atoms with Gasteiger partial charge < -0.3 is 0 Å². The minimum Gasteiger partial charge on any atom is -0.270 e. The van der Waals surface area contributed by atoms with Gasteiger partial charge in [-0.3, -0.25) is 8.37 Å². The monoisotopic (exact) mass is 350 g/mol. The van der Waals surface area contributed by atoms with Crippen LogP contribution in [0.3, 0.4) is 0 Å². The molecular weight excluding hydrogens is 328 g/mol. The molecule has 0 bridgehead atoms. The van der Waals surface area contributed by atoms with E-state index in [9.17, 15) is 16.8 Å². The van der Waals surface area contributed by atoms with Gasteiger partial charge in [-0.1, -0.05) is 29.8 Å². The zero-order chi connectivity index (χ0) is 16.8. The summed E-state index contributed by atoms with van der Waals surface area (Å²) in [6, 6.07) is 7.71. The van der Waals surface area contributed by atoms with Gasteiger partial charge in [-0.2, -0.15) is 16.8 Å². The smallest absolute Gasteiger partial charge is 0.264 e. The van der Waals surface area contributed by atoms with Crippen LogP contribution in [-0.2, 0) is 28.6 Å². The van der Waals surface area contributed by atoms with Crippen molar-refractivity contribution in [2.45, 2.75) is 25.7 Å². The topological polar surface area (TPSA) is 86.7 Å². The highest BCUT2D eigenvalue weighted by atomic mass is 32.2. The fourth-order valence-electron chi connectivity index (χ4n) is 2.02. The summed E-state index contributed by atoms with van der Waals surface area (Å²) in [5.41, 5.74) is 2.03. The molecule has 1 unspecified atom stereocenters. The Balaban J connectivity index is 2.70. The average molecular weight is 350 g/mol. The fourth-order valence-corrected chi connectivity index (χ4v) is 2.85. The lowest BCUT2D eigenvalue weighted by molar-refractivity contribution is 0.267. The van der Waals surface area contributed by atoms with Crippen LogP contribution in [0.4, 0.5) is 0 Å². The molecule has 0 saturated heterocycles. The molecule has 0 spiro atoms. The Hall–Kier alpha value is -0.960. The highest BCUT2D eigenvalue weighted by Crippen LogP contribution is 2.23. The molecule has 1 rings (SSSR count). The van der Waals surface area contributed by atoms with E-state index in [0.717, 1.165) is 23.6 Å². The van der Waals surface area contributed by atoms with Crippen molar-refractivity contribution in [3.05, 3.63) is 35.4 Å². The second-order valence-corrected chi connectivity index (χ2v) is 8.56. The molecule has 1 atom stereocenters. The lowest BCUT2D eigenvalue weighted by atomic mass is 9.94. The highest BCUT2D eigenvalue weighted by Gasteiger charge is 2.15. The van der Waals surface area contributed by atoms with Gasteiger partial charge in [0.05, 0.1) is 25.7 Å². The Morgan fingerprint density at radius 1 is 1.05 bits per heavy atom. The molecule has 0 aromatic heterocycles. The van der Waals surface area contributed by atoms with Crippen molar-refractivity contribution in [1.82, 2.24) is 0 Å². The molecule has 1 aromatic rings. The first-order chi connectivity index (χ1) is 10.1. The van der Waals surface area contributed by atoms with Crippen molar-refractivity contribution in [2.24, 2.45) is 0 Å². The van der Waals surface area contributed by atoms with Crippen LogP contribution in [0.25, 0.3) is 0 Å². The number of hydrogen-bond acceptors (Lipinski definition) is 6. The van der Waals surface area contributed by atoms with E-state index >= 15 is 0 Å². The number of hydrogen-bond donors (Lipinski definition) is 0. The van der Waals surface area contributed by atoms with Crippen molar-refractivity contribution in [1.29, 1.82) is 0 Å². The summed E-state index contributed by atoms with van der Waals surface area (Å²) in [6.07, 6.45) is 3.05. The van der Waals surface area contributed by atoms with E-state index in [0.29, 0.717) is 12.8 Å². The van der Waals surface area contributed by atoms with Crippen molar-refractivity contribution in [2.75, 3.05) is 25.7 Å². The lowest BCUT2D eigenvalue weighted by Crippen LogP contribution is -2.14. The molecule has 1 aromatic carbocycles. The zero-order valence-corrected chi connectivity index (χ0v) is 14.6. The van der Waals surface area contributed by atoms with E-state index in [4.69, 9.17) is 8.37 Å². The van der Waals surface area contributed by atoms with Gasteiger partial charge in [0.2, 0.25) is 0 Å². The maximum Gasteiger partial charge on any atom is 0.264 e. The second-order valence-electron chi connectivity index (χ2n) is 5.27. The summed E-state index contributed by atoms with van der Waals surface area (Å²) >= 11 is 0. The quantitative estimate of drug-likeness (QED) is 0.499. The molecule has 0 heterocycles. The summed E-state index contributed by atoms with van der Waals surface area (Å²) in [5, 5.41) is 0. The summed E-state index contributed by atoms with van der Waals surface area (Å²) in [4.78, 5) is 0. The second kappa shape index (κ2) is 8.05. The lowest BCUT2D eigenvalue weighted by Gasteiger charge is -2.17. The van der Waals surface area contributed by atoms with E-state index < -0.39 is 20.2 Å².